The van der Waals surface area contributed by atoms with Crippen LogP contribution in [0.5, 0.6) is 0 Å². The molecule has 0 unspecified atom stereocenters. The van der Waals surface area contributed by atoms with Crippen molar-refractivity contribution >= 4 is 11.9 Å². The predicted octanol–water partition coefficient (Wildman–Crippen LogP) is 4.47. The van der Waals surface area contributed by atoms with E-state index in [-0.39, 0.29) is 18.9 Å². The highest BCUT2D eigenvalue weighted by molar-refractivity contribution is 5.94. The Morgan fingerprint density at radius 3 is 2.31 bits per heavy atom. The Kier molecular flexibility index (Phi) is 6.41. The normalized spacial score (nSPS) is 10.6. The number of carbonyl (C=O) groups is 2. The van der Waals surface area contributed by atoms with Crippen molar-refractivity contribution in [3.63, 3.8) is 0 Å². The van der Waals surface area contributed by atoms with Gasteiger partial charge in [-0.3, -0.25) is 14.3 Å². The molecule has 6 heteroatoms. The quantitative estimate of drug-likeness (QED) is 0.436. The van der Waals surface area contributed by atoms with Gasteiger partial charge >= 0.3 is 5.97 Å². The van der Waals surface area contributed by atoms with Gasteiger partial charge in [0.05, 0.1) is 18.7 Å². The molecule has 0 bridgehead atoms. The van der Waals surface area contributed by atoms with E-state index in [1.54, 1.807) is 18.3 Å². The summed E-state index contributed by atoms with van der Waals surface area (Å²) >= 11 is 0. The van der Waals surface area contributed by atoms with E-state index in [1.807, 2.05) is 47.1 Å². The molecule has 4 aromatic rings. The van der Waals surface area contributed by atoms with E-state index in [4.69, 9.17) is 5.11 Å². The molecule has 0 fully saturated rings. The second-order valence-electron chi connectivity index (χ2n) is 7.42. The number of hydrogen-bond donors (Lipinski definition) is 2. The summed E-state index contributed by atoms with van der Waals surface area (Å²) in [5, 5.41) is 15.8. The fourth-order valence-electron chi connectivity index (χ4n) is 3.51. The summed E-state index contributed by atoms with van der Waals surface area (Å²) in [6, 6.07) is 27.9. The van der Waals surface area contributed by atoms with Gasteiger partial charge in [-0.15, -0.1) is 0 Å². The van der Waals surface area contributed by atoms with Gasteiger partial charge in [0.15, 0.2) is 0 Å². The number of aliphatic carboxylic acids is 1. The van der Waals surface area contributed by atoms with Crippen LogP contribution >= 0.6 is 0 Å². The highest BCUT2D eigenvalue weighted by Gasteiger charge is 2.10. The zero-order valence-corrected chi connectivity index (χ0v) is 17.4. The Labute approximate surface area is 186 Å². The molecule has 0 aliphatic rings. The number of carboxylic acids is 1. The summed E-state index contributed by atoms with van der Waals surface area (Å²) in [5.74, 6) is -1.22. The van der Waals surface area contributed by atoms with E-state index >= 15 is 0 Å². The van der Waals surface area contributed by atoms with Crippen LogP contribution < -0.4 is 5.32 Å². The number of nitrogens with zero attached hydrogens (tertiary/aromatic N) is 2. The predicted molar refractivity (Wildman–Crippen MR) is 123 cm³/mol. The molecular weight excluding hydrogens is 402 g/mol. The van der Waals surface area contributed by atoms with Crippen LogP contribution in [0.25, 0.3) is 22.4 Å². The minimum absolute atomic E-state index is 0.0998. The number of carbonyl (C=O) groups excluding carboxylic acids is 1. The van der Waals surface area contributed by atoms with Gasteiger partial charge in [-0.2, -0.15) is 5.10 Å². The molecule has 6 nitrogen and oxygen atoms in total. The molecule has 3 aromatic carbocycles. The molecule has 2 N–H and O–H groups in total. The highest BCUT2D eigenvalue weighted by atomic mass is 16.4. The van der Waals surface area contributed by atoms with Crippen molar-refractivity contribution in [2.75, 3.05) is 6.54 Å². The van der Waals surface area contributed by atoms with Gasteiger partial charge in [0.2, 0.25) is 0 Å². The Morgan fingerprint density at radius 1 is 0.844 bits per heavy atom. The molecule has 0 radical (unpaired) electrons. The van der Waals surface area contributed by atoms with Crippen molar-refractivity contribution in [1.29, 1.82) is 0 Å². The van der Waals surface area contributed by atoms with Gasteiger partial charge in [0, 0.05) is 23.9 Å². The van der Waals surface area contributed by atoms with Gasteiger partial charge in [-0.25, -0.2) is 0 Å². The molecule has 0 spiro atoms. The maximum Gasteiger partial charge on any atom is 0.305 e. The Morgan fingerprint density at radius 2 is 1.56 bits per heavy atom. The number of rotatable bonds is 8. The zero-order chi connectivity index (χ0) is 22.3. The molecule has 4 rings (SSSR count). The monoisotopic (exact) mass is 425 g/mol. The first-order valence-corrected chi connectivity index (χ1v) is 10.4. The molecule has 1 aromatic heterocycles. The first-order valence-electron chi connectivity index (χ1n) is 10.4. The molecule has 1 amide bonds. The van der Waals surface area contributed by atoms with E-state index in [0.717, 1.165) is 27.9 Å². The maximum atomic E-state index is 12.1. The van der Waals surface area contributed by atoms with Crippen LogP contribution in [0.2, 0.25) is 0 Å². The summed E-state index contributed by atoms with van der Waals surface area (Å²) in [7, 11) is 0. The van der Waals surface area contributed by atoms with Gasteiger partial charge in [-0.1, -0.05) is 60.7 Å². The smallest absolute Gasteiger partial charge is 0.305 e. The largest absolute Gasteiger partial charge is 0.481 e. The third kappa shape index (κ3) is 5.10. The summed E-state index contributed by atoms with van der Waals surface area (Å²) in [6.07, 6.45) is 1.69. The summed E-state index contributed by atoms with van der Waals surface area (Å²) in [4.78, 5) is 22.7. The Hall–Kier alpha value is -4.19. The van der Waals surface area contributed by atoms with Crippen LogP contribution in [0.3, 0.4) is 0 Å². The third-order valence-corrected chi connectivity index (χ3v) is 5.15. The second kappa shape index (κ2) is 9.75. The molecular formula is C26H23N3O3. The molecule has 0 saturated heterocycles. The molecule has 1 heterocycles. The van der Waals surface area contributed by atoms with Crippen molar-refractivity contribution < 1.29 is 14.7 Å². The van der Waals surface area contributed by atoms with E-state index in [0.29, 0.717) is 12.1 Å². The third-order valence-electron chi connectivity index (χ3n) is 5.15. The van der Waals surface area contributed by atoms with Crippen LogP contribution in [0.1, 0.15) is 22.3 Å². The minimum atomic E-state index is -0.940. The van der Waals surface area contributed by atoms with E-state index in [1.165, 1.54) is 0 Å². The Bertz CT molecular complexity index is 1210. The van der Waals surface area contributed by atoms with Crippen LogP contribution in [0.4, 0.5) is 0 Å². The number of nitrogens with one attached hydrogen (secondary N) is 1. The second-order valence-corrected chi connectivity index (χ2v) is 7.42. The Balaban J connectivity index is 1.48. The van der Waals surface area contributed by atoms with E-state index in [2.05, 4.69) is 40.7 Å². The minimum Gasteiger partial charge on any atom is -0.481 e. The van der Waals surface area contributed by atoms with Crippen molar-refractivity contribution in [1.82, 2.24) is 15.1 Å². The zero-order valence-electron chi connectivity index (χ0n) is 17.4. The molecule has 160 valence electrons. The van der Waals surface area contributed by atoms with E-state index in [9.17, 15) is 9.59 Å². The molecule has 0 aliphatic heterocycles. The highest BCUT2D eigenvalue weighted by Crippen LogP contribution is 2.26. The first-order chi connectivity index (χ1) is 15.6. The molecule has 0 atom stereocenters. The SMILES string of the molecule is O=C(O)CCNC(=O)c1ccc(Cn2nccc2-c2cccc(-c3ccccc3)c2)cc1. The van der Waals surface area contributed by atoms with Crippen LogP contribution in [0.15, 0.2) is 91.1 Å². The van der Waals surface area contributed by atoms with Crippen LogP contribution in [-0.4, -0.2) is 33.3 Å². The lowest BCUT2D eigenvalue weighted by molar-refractivity contribution is -0.136. The number of aromatic nitrogens is 2. The van der Waals surface area contributed by atoms with Gasteiger partial charge < -0.3 is 10.4 Å². The summed E-state index contributed by atoms with van der Waals surface area (Å²) in [6.45, 7) is 0.674. The maximum absolute atomic E-state index is 12.1. The summed E-state index contributed by atoms with van der Waals surface area (Å²) < 4.78 is 1.94. The fourth-order valence-corrected chi connectivity index (χ4v) is 3.51. The fraction of sp³-hybridized carbons (Fsp3) is 0.115. The molecule has 0 saturated carbocycles. The van der Waals surface area contributed by atoms with Crippen molar-refractivity contribution in [3.05, 3.63) is 102 Å². The lowest BCUT2D eigenvalue weighted by atomic mass is 10.0. The van der Waals surface area contributed by atoms with Crippen molar-refractivity contribution in [2.45, 2.75) is 13.0 Å². The average Bonchev–Trinajstić information content (AvgIpc) is 3.28. The van der Waals surface area contributed by atoms with Crippen molar-refractivity contribution in [3.8, 4) is 22.4 Å². The summed E-state index contributed by atoms with van der Waals surface area (Å²) in [5.41, 5.74) is 5.91. The van der Waals surface area contributed by atoms with Gasteiger partial charge in [-0.05, 0) is 41.0 Å². The van der Waals surface area contributed by atoms with Gasteiger partial charge in [0.25, 0.3) is 5.91 Å². The number of amides is 1. The van der Waals surface area contributed by atoms with Crippen LogP contribution in [-0.2, 0) is 11.3 Å². The van der Waals surface area contributed by atoms with Crippen LogP contribution in [0, 0.1) is 0 Å². The molecule has 0 aliphatic carbocycles. The van der Waals surface area contributed by atoms with E-state index < -0.39 is 5.97 Å². The number of hydrogen-bond acceptors (Lipinski definition) is 3. The topological polar surface area (TPSA) is 84.2 Å². The van der Waals surface area contributed by atoms with Gasteiger partial charge in [0.1, 0.15) is 0 Å². The van der Waals surface area contributed by atoms with Crippen molar-refractivity contribution in [2.24, 2.45) is 0 Å². The molecule has 32 heavy (non-hydrogen) atoms. The lowest BCUT2D eigenvalue weighted by Crippen LogP contribution is -2.25. The lowest BCUT2D eigenvalue weighted by Gasteiger charge is -2.10. The first kappa shape index (κ1) is 21.1. The standard InChI is InChI=1S/C26H23N3O3/c30-25(31)14-15-27-26(32)21-11-9-19(10-12-21)18-29-24(13-16-28-29)23-8-4-7-22(17-23)20-5-2-1-3-6-20/h1-13,16-17H,14-15,18H2,(H,27,32)(H,30,31). The number of benzene rings is 3. The average molecular weight is 425 g/mol. The number of carboxylic acid groups (broad SMARTS) is 1.